The molecule has 0 aromatic carbocycles. The van der Waals surface area contributed by atoms with Crippen LogP contribution in [0.15, 0.2) is 0 Å². The second kappa shape index (κ2) is 22.0. The average Bonchev–Trinajstić information content (AvgIpc) is 2.87. The van der Waals surface area contributed by atoms with E-state index in [1.807, 2.05) is 83.1 Å². The molecule has 0 saturated carbocycles. The molecule has 0 rings (SSSR count). The molecule has 0 spiro atoms. The van der Waals surface area contributed by atoms with Crippen LogP contribution in [0.3, 0.4) is 0 Å². The van der Waals surface area contributed by atoms with Gasteiger partial charge in [0.15, 0.2) is 0 Å². The Bertz CT molecular complexity index is 915. The minimum absolute atomic E-state index is 0.0236. The fraction of sp³-hybridized carbons (Fsp3) is 0.886. The van der Waals surface area contributed by atoms with Crippen molar-refractivity contribution >= 4 is 24.4 Å². The Hall–Kier alpha value is -3.00. The van der Waals surface area contributed by atoms with Gasteiger partial charge in [0.1, 0.15) is 22.4 Å². The number of carbonyl (C=O) groups is 4. The summed E-state index contributed by atoms with van der Waals surface area (Å²) >= 11 is 0. The lowest BCUT2D eigenvalue weighted by Gasteiger charge is -2.36. The molecule has 4 N–H and O–H groups in total. The van der Waals surface area contributed by atoms with Gasteiger partial charge in [-0.2, -0.15) is 0 Å². The van der Waals surface area contributed by atoms with E-state index in [-0.39, 0.29) is 6.04 Å². The van der Waals surface area contributed by atoms with E-state index < -0.39 is 46.8 Å². The number of amides is 4. The molecule has 288 valence electrons. The van der Waals surface area contributed by atoms with Gasteiger partial charge in [0, 0.05) is 64.9 Å². The van der Waals surface area contributed by atoms with E-state index in [0.29, 0.717) is 58.9 Å². The van der Waals surface area contributed by atoms with E-state index in [1.165, 1.54) is 0 Å². The second-order valence-corrected chi connectivity index (χ2v) is 16.2. The summed E-state index contributed by atoms with van der Waals surface area (Å²) in [5.74, 6) is 0. The highest BCUT2D eigenvalue weighted by atomic mass is 16.6. The van der Waals surface area contributed by atoms with Crippen LogP contribution in [-0.4, -0.2) is 122 Å². The zero-order valence-corrected chi connectivity index (χ0v) is 32.9. The van der Waals surface area contributed by atoms with Crippen LogP contribution in [0, 0.1) is 0 Å². The lowest BCUT2D eigenvalue weighted by atomic mass is 10.1. The molecule has 4 amide bonds. The zero-order valence-electron chi connectivity index (χ0n) is 32.9. The molecule has 0 bridgehead atoms. The van der Waals surface area contributed by atoms with Gasteiger partial charge in [-0.25, -0.2) is 19.2 Å². The summed E-state index contributed by atoms with van der Waals surface area (Å²) in [6.07, 6.45) is 1.96. The van der Waals surface area contributed by atoms with Gasteiger partial charge >= 0.3 is 24.4 Å². The van der Waals surface area contributed by atoms with E-state index in [9.17, 15) is 19.2 Å². The van der Waals surface area contributed by atoms with Crippen molar-refractivity contribution in [2.45, 2.75) is 144 Å². The van der Waals surface area contributed by atoms with Gasteiger partial charge in [-0.3, -0.25) is 9.80 Å². The van der Waals surface area contributed by atoms with Crippen molar-refractivity contribution in [1.82, 2.24) is 31.1 Å². The number of alkyl carbamates (subject to hydrolysis) is 4. The molecular weight excluding hydrogens is 632 g/mol. The number of nitrogens with zero attached hydrogens (tertiary/aromatic N) is 2. The van der Waals surface area contributed by atoms with Crippen LogP contribution in [-0.2, 0) is 18.9 Å². The Labute approximate surface area is 296 Å². The van der Waals surface area contributed by atoms with E-state index in [4.69, 9.17) is 18.9 Å². The number of nitrogens with one attached hydrogen (secondary N) is 4. The first-order valence-corrected chi connectivity index (χ1v) is 17.7. The monoisotopic (exact) mass is 703 g/mol. The first kappa shape index (κ1) is 46.0. The van der Waals surface area contributed by atoms with Gasteiger partial charge in [0.05, 0.1) is 0 Å². The summed E-state index contributed by atoms with van der Waals surface area (Å²) in [6, 6.07) is 0.0236. The number of ether oxygens (including phenoxy) is 4. The summed E-state index contributed by atoms with van der Waals surface area (Å²) in [6.45, 7) is 27.9. The van der Waals surface area contributed by atoms with Gasteiger partial charge in [-0.15, -0.1) is 0 Å². The fourth-order valence-electron chi connectivity index (χ4n) is 4.58. The van der Waals surface area contributed by atoms with Crippen molar-refractivity contribution in [2.24, 2.45) is 0 Å². The summed E-state index contributed by atoms with van der Waals surface area (Å²) in [4.78, 5) is 54.1. The van der Waals surface area contributed by atoms with Crippen LogP contribution in [0.4, 0.5) is 19.2 Å². The Balaban J connectivity index is 5.99. The molecular formula is C35H70N6O8. The molecule has 0 heterocycles. The Morgan fingerprint density at radius 2 is 0.816 bits per heavy atom. The van der Waals surface area contributed by atoms with Crippen LogP contribution in [0.25, 0.3) is 0 Å². The topological polar surface area (TPSA) is 160 Å². The maximum Gasteiger partial charge on any atom is 0.407 e. The average molecular weight is 703 g/mol. The molecule has 0 fully saturated rings. The molecule has 14 nitrogen and oxygen atoms in total. The highest BCUT2D eigenvalue weighted by molar-refractivity contribution is 5.68. The SMILES string of the molecule is CCCCCC(CN(CCNC(=O)OC(C)(C)C)CCNC(=O)OC(C)(C)C)N(CCNC(=O)OC(C)(C)C)CCNC(=O)OC(C)(C)C. The molecule has 0 aliphatic carbocycles. The van der Waals surface area contributed by atoms with E-state index in [2.05, 4.69) is 38.0 Å². The van der Waals surface area contributed by atoms with Crippen molar-refractivity contribution in [3.8, 4) is 0 Å². The molecule has 0 saturated heterocycles. The van der Waals surface area contributed by atoms with Crippen LogP contribution in [0.1, 0.15) is 116 Å². The highest BCUT2D eigenvalue weighted by Gasteiger charge is 2.24. The van der Waals surface area contributed by atoms with Crippen molar-refractivity contribution in [3.05, 3.63) is 0 Å². The van der Waals surface area contributed by atoms with Gasteiger partial charge in [0.25, 0.3) is 0 Å². The highest BCUT2D eigenvalue weighted by Crippen LogP contribution is 2.14. The van der Waals surface area contributed by atoms with Crippen LogP contribution in [0.5, 0.6) is 0 Å². The van der Waals surface area contributed by atoms with Gasteiger partial charge < -0.3 is 40.2 Å². The number of unbranched alkanes of at least 4 members (excludes halogenated alkanes) is 2. The first-order valence-electron chi connectivity index (χ1n) is 17.7. The normalized spacial score (nSPS) is 13.0. The lowest BCUT2D eigenvalue weighted by Crippen LogP contribution is -2.51. The maximum absolute atomic E-state index is 12.4. The van der Waals surface area contributed by atoms with Crippen LogP contribution in [0.2, 0.25) is 0 Å². The van der Waals surface area contributed by atoms with Crippen molar-refractivity contribution in [3.63, 3.8) is 0 Å². The van der Waals surface area contributed by atoms with Gasteiger partial charge in [-0.05, 0) is 89.5 Å². The Morgan fingerprint density at radius 1 is 0.510 bits per heavy atom. The Morgan fingerprint density at radius 3 is 1.10 bits per heavy atom. The molecule has 1 atom stereocenters. The first-order chi connectivity index (χ1) is 22.4. The number of carbonyl (C=O) groups excluding carboxylic acids is 4. The van der Waals surface area contributed by atoms with Gasteiger partial charge in [-0.1, -0.05) is 26.2 Å². The molecule has 0 aliphatic rings. The largest absolute Gasteiger partial charge is 0.444 e. The van der Waals surface area contributed by atoms with E-state index in [1.54, 1.807) is 0 Å². The lowest BCUT2D eigenvalue weighted by molar-refractivity contribution is 0.0475. The third-order valence-electron chi connectivity index (χ3n) is 6.45. The predicted molar refractivity (Wildman–Crippen MR) is 193 cm³/mol. The Kier molecular flexibility index (Phi) is 20.6. The minimum Gasteiger partial charge on any atom is -0.444 e. The van der Waals surface area contributed by atoms with E-state index >= 15 is 0 Å². The molecule has 14 heteroatoms. The summed E-state index contributed by atoms with van der Waals surface area (Å²) in [7, 11) is 0. The molecule has 49 heavy (non-hydrogen) atoms. The summed E-state index contributed by atoms with van der Waals surface area (Å²) < 4.78 is 21.7. The van der Waals surface area contributed by atoms with Gasteiger partial charge in [0.2, 0.25) is 0 Å². The summed E-state index contributed by atoms with van der Waals surface area (Å²) in [5, 5.41) is 11.4. The zero-order chi connectivity index (χ0) is 37.9. The maximum atomic E-state index is 12.4. The third kappa shape index (κ3) is 28.5. The van der Waals surface area contributed by atoms with Crippen molar-refractivity contribution in [1.29, 1.82) is 0 Å². The van der Waals surface area contributed by atoms with Crippen molar-refractivity contribution < 1.29 is 38.1 Å². The number of hydrogen-bond donors (Lipinski definition) is 4. The molecule has 0 aromatic rings. The van der Waals surface area contributed by atoms with Crippen LogP contribution < -0.4 is 21.3 Å². The van der Waals surface area contributed by atoms with Crippen LogP contribution >= 0.6 is 0 Å². The molecule has 1 unspecified atom stereocenters. The smallest absolute Gasteiger partial charge is 0.407 e. The number of hydrogen-bond acceptors (Lipinski definition) is 10. The molecule has 0 aliphatic heterocycles. The molecule has 0 aromatic heterocycles. The molecule has 0 radical (unpaired) electrons. The predicted octanol–water partition coefficient (Wildman–Crippen LogP) is 5.64. The quantitative estimate of drug-likeness (QED) is 0.0981. The number of rotatable bonds is 19. The standard InChI is InChI=1S/C35H70N6O8/c1-14-15-16-17-27(41(24-20-38-30(44)48-34(8,9)10)25-21-39-31(45)49-35(11,12)13)26-40(22-18-36-28(42)46-32(2,3)4)23-19-37-29(43)47-33(5,6)7/h27H,14-26H2,1-13H3,(H,36,42)(H,37,43)(H,38,44)(H,39,45). The van der Waals surface area contributed by atoms with E-state index in [0.717, 1.165) is 25.7 Å². The minimum atomic E-state index is -0.620. The fourth-order valence-corrected chi connectivity index (χ4v) is 4.58. The van der Waals surface area contributed by atoms with Crippen molar-refractivity contribution in [2.75, 3.05) is 58.9 Å². The third-order valence-corrected chi connectivity index (χ3v) is 6.45. The second-order valence-electron chi connectivity index (χ2n) is 16.2. The summed E-state index contributed by atoms with van der Waals surface area (Å²) in [5.41, 5.74) is -2.48.